The maximum absolute atomic E-state index is 13.4. The van der Waals surface area contributed by atoms with Crippen LogP contribution in [0.1, 0.15) is 42.5 Å². The highest BCUT2D eigenvalue weighted by molar-refractivity contribution is 7.09. The zero-order valence-corrected chi connectivity index (χ0v) is 24.7. The summed E-state index contributed by atoms with van der Waals surface area (Å²) in [6.45, 7) is 2.87. The molecule has 10 heteroatoms. The number of rotatable bonds is 13. The first-order chi connectivity index (χ1) is 20.2. The van der Waals surface area contributed by atoms with Gasteiger partial charge in [-0.15, -0.1) is 11.3 Å². The van der Waals surface area contributed by atoms with Crippen LogP contribution in [0.25, 0.3) is 0 Å². The number of phenols is 1. The Bertz CT molecular complexity index is 1490. The number of hydrogen-bond donors (Lipinski definition) is 4. The number of carbonyl (C=O) groups is 2. The van der Waals surface area contributed by atoms with Gasteiger partial charge in [0.25, 0.3) is 11.8 Å². The van der Waals surface area contributed by atoms with Gasteiger partial charge in [-0.3, -0.25) is 9.59 Å². The Morgan fingerprint density at radius 1 is 1.02 bits per heavy atom. The van der Waals surface area contributed by atoms with Gasteiger partial charge < -0.3 is 30.5 Å². The van der Waals surface area contributed by atoms with Crippen molar-refractivity contribution < 1.29 is 24.5 Å². The van der Waals surface area contributed by atoms with Crippen molar-refractivity contribution >= 4 is 23.2 Å². The van der Waals surface area contributed by atoms with Gasteiger partial charge in [0.05, 0.1) is 36.9 Å². The third kappa shape index (κ3) is 8.16. The van der Waals surface area contributed by atoms with Gasteiger partial charge in [-0.2, -0.15) is 0 Å². The van der Waals surface area contributed by atoms with Crippen LogP contribution in [0.15, 0.2) is 78.2 Å². The molecule has 2 amide bonds. The molecule has 42 heavy (non-hydrogen) atoms. The van der Waals surface area contributed by atoms with Gasteiger partial charge in [-0.25, -0.2) is 4.98 Å². The standard InChI is InChI=1S/C32H36N4O5S/c1-21-20-42-29(34-21)19-36(2)32(40)26-14-8-13-25(30(26)38)31(39)35-27(16-22-9-5-4-6-10-22)28(37)18-33-17-23-11-7-12-24(15-23)41-3/h4-15,20,27-28,33,37-38H,16-19H2,1-3H3,(H,35,39)/t27-,28+/m0/s1. The molecule has 4 rings (SSSR count). The van der Waals surface area contributed by atoms with Crippen LogP contribution >= 0.6 is 11.3 Å². The molecule has 9 nitrogen and oxygen atoms in total. The molecule has 1 heterocycles. The second-order valence-electron chi connectivity index (χ2n) is 10.1. The molecule has 0 radical (unpaired) electrons. The van der Waals surface area contributed by atoms with E-state index < -0.39 is 29.7 Å². The van der Waals surface area contributed by atoms with Gasteiger partial charge in [0, 0.05) is 31.2 Å². The zero-order valence-electron chi connectivity index (χ0n) is 23.9. The van der Waals surface area contributed by atoms with Gasteiger partial charge >= 0.3 is 0 Å². The van der Waals surface area contributed by atoms with Crippen molar-refractivity contribution in [1.29, 1.82) is 0 Å². The minimum atomic E-state index is -0.945. The smallest absolute Gasteiger partial charge is 0.257 e. The molecule has 0 aliphatic carbocycles. The Morgan fingerprint density at radius 3 is 2.45 bits per heavy atom. The molecule has 3 aromatic carbocycles. The van der Waals surface area contributed by atoms with Crippen LogP contribution in [0.4, 0.5) is 0 Å². The number of hydrogen-bond acceptors (Lipinski definition) is 8. The van der Waals surface area contributed by atoms with Gasteiger partial charge in [0.2, 0.25) is 0 Å². The Kier molecular flexibility index (Phi) is 10.7. The van der Waals surface area contributed by atoms with Crippen molar-refractivity contribution in [2.45, 2.75) is 38.6 Å². The van der Waals surface area contributed by atoms with Gasteiger partial charge in [0.1, 0.15) is 16.5 Å². The average molecular weight is 589 g/mol. The summed E-state index contributed by atoms with van der Waals surface area (Å²) in [7, 11) is 3.23. The van der Waals surface area contributed by atoms with Crippen LogP contribution in [0.3, 0.4) is 0 Å². The molecule has 1 aromatic heterocycles. The maximum Gasteiger partial charge on any atom is 0.257 e. The molecule has 0 fully saturated rings. The first-order valence-electron chi connectivity index (χ1n) is 13.6. The number of thiazole rings is 1. The highest BCUT2D eigenvalue weighted by atomic mass is 32.1. The monoisotopic (exact) mass is 588 g/mol. The second kappa shape index (κ2) is 14.6. The van der Waals surface area contributed by atoms with Crippen LogP contribution in [0.5, 0.6) is 11.5 Å². The van der Waals surface area contributed by atoms with Crippen LogP contribution in [-0.4, -0.2) is 64.8 Å². The number of aliphatic hydroxyl groups is 1. The lowest BCUT2D eigenvalue weighted by molar-refractivity contribution is 0.0781. The fourth-order valence-corrected chi connectivity index (χ4v) is 5.37. The van der Waals surface area contributed by atoms with Crippen LogP contribution in [-0.2, 0) is 19.5 Å². The molecule has 4 N–H and O–H groups in total. The lowest BCUT2D eigenvalue weighted by Crippen LogP contribution is -2.48. The number of aromatic hydroxyl groups is 1. The molecule has 0 spiro atoms. The number of para-hydroxylation sites is 1. The number of ether oxygens (including phenoxy) is 1. The van der Waals surface area contributed by atoms with E-state index in [1.54, 1.807) is 20.2 Å². The Hall–Kier alpha value is -4.25. The largest absolute Gasteiger partial charge is 0.506 e. The van der Waals surface area contributed by atoms with Gasteiger partial charge in [0.15, 0.2) is 0 Å². The van der Waals surface area contributed by atoms with E-state index in [0.717, 1.165) is 27.6 Å². The highest BCUT2D eigenvalue weighted by Gasteiger charge is 2.26. The highest BCUT2D eigenvalue weighted by Crippen LogP contribution is 2.25. The molecule has 0 aliphatic rings. The van der Waals surface area contributed by atoms with Crippen molar-refractivity contribution in [2.75, 3.05) is 20.7 Å². The summed E-state index contributed by atoms with van der Waals surface area (Å²) < 4.78 is 5.27. The first-order valence-corrected chi connectivity index (χ1v) is 14.5. The van der Waals surface area contributed by atoms with E-state index >= 15 is 0 Å². The van der Waals surface area contributed by atoms with Gasteiger partial charge in [-0.1, -0.05) is 48.5 Å². The lowest BCUT2D eigenvalue weighted by atomic mass is 9.99. The summed E-state index contributed by atoms with van der Waals surface area (Å²) in [4.78, 5) is 32.4. The molecule has 0 saturated carbocycles. The fraction of sp³-hybridized carbons (Fsp3) is 0.281. The summed E-state index contributed by atoms with van der Waals surface area (Å²) in [5.74, 6) is -0.689. The minimum Gasteiger partial charge on any atom is -0.506 e. The molecule has 0 saturated heterocycles. The van der Waals surface area contributed by atoms with Crippen molar-refractivity contribution in [2.24, 2.45) is 0 Å². The number of aryl methyl sites for hydroxylation is 1. The predicted octanol–water partition coefficient (Wildman–Crippen LogP) is 3.93. The number of benzene rings is 3. The lowest BCUT2D eigenvalue weighted by Gasteiger charge is -2.25. The fourth-order valence-electron chi connectivity index (χ4n) is 4.54. The van der Waals surface area contributed by atoms with Crippen LogP contribution in [0.2, 0.25) is 0 Å². The molecular formula is C32H36N4O5S. The Balaban J connectivity index is 1.46. The maximum atomic E-state index is 13.4. The SMILES string of the molecule is COc1cccc(CNC[C@@H](O)[C@H](Cc2ccccc2)NC(=O)c2cccc(C(=O)N(C)Cc3nc(C)cs3)c2O)c1. The third-order valence-electron chi connectivity index (χ3n) is 6.79. The Labute approximate surface area is 249 Å². The van der Waals surface area contributed by atoms with Crippen molar-refractivity contribution in [3.05, 3.63) is 111 Å². The number of nitrogens with zero attached hydrogens (tertiary/aromatic N) is 2. The van der Waals surface area contributed by atoms with E-state index in [4.69, 9.17) is 4.74 Å². The molecule has 0 unspecified atom stereocenters. The first kappa shape index (κ1) is 30.7. The third-order valence-corrected chi connectivity index (χ3v) is 7.74. The molecule has 0 bridgehead atoms. The average Bonchev–Trinajstić information content (AvgIpc) is 3.41. The number of nitrogens with one attached hydrogen (secondary N) is 2. The van der Waals surface area contributed by atoms with E-state index in [9.17, 15) is 19.8 Å². The molecule has 220 valence electrons. The Morgan fingerprint density at radius 2 is 1.74 bits per heavy atom. The van der Waals surface area contributed by atoms with E-state index in [2.05, 4.69) is 15.6 Å². The minimum absolute atomic E-state index is 0.0125. The summed E-state index contributed by atoms with van der Waals surface area (Å²) in [5, 5.41) is 30.9. The number of phenolic OH excluding ortho intramolecular Hbond substituents is 1. The predicted molar refractivity (Wildman–Crippen MR) is 163 cm³/mol. The van der Waals surface area contributed by atoms with Crippen molar-refractivity contribution in [3.63, 3.8) is 0 Å². The quantitative estimate of drug-likeness (QED) is 0.187. The normalized spacial score (nSPS) is 12.4. The number of carbonyl (C=O) groups excluding carboxylic acids is 2. The molecular weight excluding hydrogens is 552 g/mol. The van der Waals surface area contributed by atoms with Gasteiger partial charge in [-0.05, 0) is 48.7 Å². The van der Waals surface area contributed by atoms with Crippen LogP contribution in [0, 0.1) is 6.92 Å². The topological polar surface area (TPSA) is 124 Å². The summed E-state index contributed by atoms with van der Waals surface area (Å²) in [6, 6.07) is 21.0. The second-order valence-corrected chi connectivity index (χ2v) is 11.0. The number of aliphatic hydroxyl groups excluding tert-OH is 1. The number of aromatic nitrogens is 1. The van der Waals surface area contributed by atoms with E-state index in [1.165, 1.54) is 28.4 Å². The summed E-state index contributed by atoms with van der Waals surface area (Å²) in [5.41, 5.74) is 2.76. The molecule has 0 aliphatic heterocycles. The summed E-state index contributed by atoms with van der Waals surface area (Å²) >= 11 is 1.45. The zero-order chi connectivity index (χ0) is 30.1. The molecule has 2 atom stereocenters. The van der Waals surface area contributed by atoms with E-state index in [1.807, 2.05) is 66.9 Å². The van der Waals surface area contributed by atoms with Crippen LogP contribution < -0.4 is 15.4 Å². The van der Waals surface area contributed by atoms with Crippen molar-refractivity contribution in [3.8, 4) is 11.5 Å². The summed E-state index contributed by atoms with van der Waals surface area (Å²) in [6.07, 6.45) is -0.580. The number of amides is 2. The van der Waals surface area contributed by atoms with E-state index in [0.29, 0.717) is 13.0 Å². The van der Waals surface area contributed by atoms with Crippen molar-refractivity contribution in [1.82, 2.24) is 20.5 Å². The molecule has 4 aromatic rings. The number of methoxy groups -OCH3 is 1. The van der Waals surface area contributed by atoms with E-state index in [-0.39, 0.29) is 24.2 Å².